The Morgan fingerprint density at radius 1 is 0.913 bits per heavy atom. The van der Waals surface area contributed by atoms with Crippen LogP contribution in [0.25, 0.3) is 33.1 Å². The van der Waals surface area contributed by atoms with Crippen molar-refractivity contribution in [2.45, 2.75) is 6.92 Å². The molecule has 3 heteroatoms. The molecule has 0 amide bonds. The van der Waals surface area contributed by atoms with Gasteiger partial charge in [-0.15, -0.1) is 0 Å². The molecule has 3 aromatic carbocycles. The average Bonchev–Trinajstić information content (AvgIpc) is 2.93. The van der Waals surface area contributed by atoms with Gasteiger partial charge in [-0.2, -0.15) is 0 Å². The minimum Gasteiger partial charge on any atom is -0.455 e. The maximum atomic E-state index is 12.0. The summed E-state index contributed by atoms with van der Waals surface area (Å²) >= 11 is 6.06. The fourth-order valence-corrected chi connectivity index (χ4v) is 3.17. The molecule has 0 unspecified atom stereocenters. The van der Waals surface area contributed by atoms with E-state index in [2.05, 4.69) is 0 Å². The molecule has 112 valence electrons. The molecule has 1 aromatic heterocycles. The third-order valence-corrected chi connectivity index (χ3v) is 4.29. The topological polar surface area (TPSA) is 30.2 Å². The van der Waals surface area contributed by atoms with Gasteiger partial charge in [-0.25, -0.2) is 0 Å². The summed E-state index contributed by atoms with van der Waals surface area (Å²) in [4.78, 5) is 12.0. The monoisotopic (exact) mass is 320 g/mol. The van der Waals surface area contributed by atoms with E-state index >= 15 is 0 Å². The molecule has 0 aliphatic carbocycles. The van der Waals surface area contributed by atoms with Crippen LogP contribution in [-0.2, 0) is 0 Å². The lowest BCUT2D eigenvalue weighted by atomic mass is 9.96. The first-order chi connectivity index (χ1) is 11.1. The summed E-state index contributed by atoms with van der Waals surface area (Å²) in [6, 6.07) is 19.3. The largest absolute Gasteiger partial charge is 0.455 e. The first-order valence-electron chi connectivity index (χ1n) is 7.36. The predicted octanol–water partition coefficient (Wildman–Crippen LogP) is 6.11. The van der Waals surface area contributed by atoms with E-state index in [1.54, 1.807) is 19.1 Å². The Hall–Kier alpha value is -2.58. The van der Waals surface area contributed by atoms with Crippen LogP contribution in [0.3, 0.4) is 0 Å². The predicted molar refractivity (Wildman–Crippen MR) is 94.2 cm³/mol. The van der Waals surface area contributed by atoms with Crippen LogP contribution in [0, 0.1) is 0 Å². The summed E-state index contributed by atoms with van der Waals surface area (Å²) in [7, 11) is 0. The molecule has 1 heterocycles. The van der Waals surface area contributed by atoms with Gasteiger partial charge in [0.1, 0.15) is 11.2 Å². The van der Waals surface area contributed by atoms with Crippen molar-refractivity contribution in [1.29, 1.82) is 0 Å². The molecule has 23 heavy (non-hydrogen) atoms. The fourth-order valence-electron chi connectivity index (χ4n) is 3.00. The molecule has 4 rings (SSSR count). The molecule has 0 saturated carbocycles. The van der Waals surface area contributed by atoms with Gasteiger partial charge in [-0.1, -0.05) is 54.1 Å². The highest BCUT2D eigenvalue weighted by Gasteiger charge is 2.16. The summed E-state index contributed by atoms with van der Waals surface area (Å²) in [6.07, 6.45) is 0. The number of fused-ring (bicyclic) bond motifs is 3. The number of benzene rings is 3. The summed E-state index contributed by atoms with van der Waals surface area (Å²) in [6.45, 7) is 1.55. The second kappa shape index (κ2) is 5.25. The van der Waals surface area contributed by atoms with Crippen LogP contribution in [0.15, 0.2) is 65.1 Å². The van der Waals surface area contributed by atoms with Gasteiger partial charge in [-0.05, 0) is 30.7 Å². The van der Waals surface area contributed by atoms with E-state index in [0.717, 1.165) is 33.1 Å². The van der Waals surface area contributed by atoms with Crippen molar-refractivity contribution in [1.82, 2.24) is 0 Å². The Morgan fingerprint density at radius 3 is 2.52 bits per heavy atom. The van der Waals surface area contributed by atoms with Crippen LogP contribution in [0.1, 0.15) is 17.3 Å². The lowest BCUT2D eigenvalue weighted by molar-refractivity contribution is 0.101. The summed E-state index contributed by atoms with van der Waals surface area (Å²) in [5, 5.41) is 2.67. The first-order valence-corrected chi connectivity index (χ1v) is 7.74. The number of Topliss-reactive ketones (excluding diaryl/α,β-unsaturated/α-hetero) is 1. The van der Waals surface area contributed by atoms with Crippen molar-refractivity contribution in [3.05, 3.63) is 71.2 Å². The Labute approximate surface area is 138 Å². The molecule has 0 atom stereocenters. The number of hydrogen-bond donors (Lipinski definition) is 0. The number of furan rings is 1. The highest BCUT2D eigenvalue weighted by Crippen LogP contribution is 2.37. The lowest BCUT2D eigenvalue weighted by Crippen LogP contribution is -1.96. The van der Waals surface area contributed by atoms with Gasteiger partial charge in [0.2, 0.25) is 0 Å². The van der Waals surface area contributed by atoms with Crippen molar-refractivity contribution in [3.63, 3.8) is 0 Å². The summed E-state index contributed by atoms with van der Waals surface area (Å²) < 4.78 is 6.06. The van der Waals surface area contributed by atoms with E-state index in [-0.39, 0.29) is 5.78 Å². The highest BCUT2D eigenvalue weighted by atomic mass is 35.5. The number of para-hydroxylation sites is 2. The van der Waals surface area contributed by atoms with E-state index in [9.17, 15) is 4.79 Å². The number of hydrogen-bond acceptors (Lipinski definition) is 2. The molecular formula is C20H13ClO2. The van der Waals surface area contributed by atoms with Crippen molar-refractivity contribution < 1.29 is 9.21 Å². The second-order valence-electron chi connectivity index (χ2n) is 5.53. The van der Waals surface area contributed by atoms with Crippen molar-refractivity contribution in [3.8, 4) is 11.1 Å². The molecule has 2 nitrogen and oxygen atoms in total. The molecule has 0 radical (unpaired) electrons. The molecular weight excluding hydrogens is 308 g/mol. The molecule has 0 N–H and O–H groups in total. The summed E-state index contributed by atoms with van der Waals surface area (Å²) in [5.41, 5.74) is 3.98. The van der Waals surface area contributed by atoms with Gasteiger partial charge in [0.15, 0.2) is 5.78 Å². The molecule has 0 saturated heterocycles. The van der Waals surface area contributed by atoms with Crippen LogP contribution in [-0.4, -0.2) is 5.78 Å². The van der Waals surface area contributed by atoms with E-state index in [1.807, 2.05) is 48.5 Å². The second-order valence-corrected chi connectivity index (χ2v) is 5.96. The minimum atomic E-state index is -0.0179. The Morgan fingerprint density at radius 2 is 1.70 bits per heavy atom. The number of ketones is 1. The third-order valence-electron chi connectivity index (χ3n) is 4.06. The smallest absolute Gasteiger partial charge is 0.160 e. The fraction of sp³-hybridized carbons (Fsp3) is 0.0500. The molecule has 4 aromatic rings. The maximum absolute atomic E-state index is 12.0. The van der Waals surface area contributed by atoms with Gasteiger partial charge in [0.25, 0.3) is 0 Å². The Bertz CT molecular complexity index is 1060. The van der Waals surface area contributed by atoms with Crippen molar-refractivity contribution in [2.75, 3.05) is 0 Å². The SMILES string of the molecule is CC(=O)c1cc(Cl)ccc1-c1cccc2c1oc1ccccc12. The minimum absolute atomic E-state index is 0.0179. The third kappa shape index (κ3) is 2.23. The van der Waals surface area contributed by atoms with Crippen LogP contribution >= 0.6 is 11.6 Å². The maximum Gasteiger partial charge on any atom is 0.160 e. The lowest BCUT2D eigenvalue weighted by Gasteiger charge is -2.08. The molecule has 0 bridgehead atoms. The summed E-state index contributed by atoms with van der Waals surface area (Å²) in [5.74, 6) is -0.0179. The number of carbonyl (C=O) groups excluding carboxylic acids is 1. The van der Waals surface area contributed by atoms with Crippen LogP contribution in [0.4, 0.5) is 0 Å². The quantitative estimate of drug-likeness (QED) is 0.417. The average molecular weight is 321 g/mol. The zero-order chi connectivity index (χ0) is 16.0. The highest BCUT2D eigenvalue weighted by molar-refractivity contribution is 6.31. The van der Waals surface area contributed by atoms with Crippen molar-refractivity contribution in [2.24, 2.45) is 0 Å². The first kappa shape index (κ1) is 14.0. The van der Waals surface area contributed by atoms with E-state index in [4.69, 9.17) is 16.0 Å². The van der Waals surface area contributed by atoms with Crippen LogP contribution in [0.2, 0.25) is 5.02 Å². The molecule has 0 fully saturated rings. The number of rotatable bonds is 2. The number of halogens is 1. The Kier molecular flexibility index (Phi) is 3.21. The van der Waals surface area contributed by atoms with E-state index in [0.29, 0.717) is 10.6 Å². The van der Waals surface area contributed by atoms with E-state index in [1.165, 1.54) is 0 Å². The van der Waals surface area contributed by atoms with Crippen molar-refractivity contribution >= 4 is 39.3 Å². The van der Waals surface area contributed by atoms with Gasteiger partial charge >= 0.3 is 0 Å². The molecule has 0 aliphatic rings. The standard InChI is InChI=1S/C20H13ClO2/c1-12(22)18-11-13(21)9-10-14(18)16-6-4-7-17-15-5-2-3-8-19(15)23-20(16)17/h2-11H,1H3. The van der Waals surface area contributed by atoms with Crippen LogP contribution in [0.5, 0.6) is 0 Å². The number of carbonyl (C=O) groups is 1. The normalized spacial score (nSPS) is 11.2. The van der Waals surface area contributed by atoms with E-state index < -0.39 is 0 Å². The van der Waals surface area contributed by atoms with Crippen LogP contribution < -0.4 is 0 Å². The zero-order valence-corrected chi connectivity index (χ0v) is 13.2. The molecule has 0 aliphatic heterocycles. The zero-order valence-electron chi connectivity index (χ0n) is 12.5. The van der Waals surface area contributed by atoms with Gasteiger partial charge < -0.3 is 4.42 Å². The molecule has 0 spiro atoms. The van der Waals surface area contributed by atoms with Gasteiger partial charge in [0, 0.05) is 26.9 Å². The van der Waals surface area contributed by atoms with Gasteiger partial charge in [-0.3, -0.25) is 4.79 Å². The van der Waals surface area contributed by atoms with Gasteiger partial charge in [0.05, 0.1) is 0 Å². The Balaban J connectivity index is 2.09.